The summed E-state index contributed by atoms with van der Waals surface area (Å²) in [7, 11) is 0. The molecule has 2 aromatic carbocycles. The molecule has 2 atom stereocenters. The van der Waals surface area contributed by atoms with Gasteiger partial charge in [0.25, 0.3) is 0 Å². The van der Waals surface area contributed by atoms with E-state index in [9.17, 15) is 9.50 Å². The maximum absolute atomic E-state index is 13.3. The van der Waals surface area contributed by atoms with Gasteiger partial charge in [0.05, 0.1) is 6.10 Å². The van der Waals surface area contributed by atoms with Gasteiger partial charge in [-0.3, -0.25) is 0 Å². The van der Waals surface area contributed by atoms with Gasteiger partial charge in [-0.2, -0.15) is 0 Å². The Morgan fingerprint density at radius 2 is 2.05 bits per heavy atom. The van der Waals surface area contributed by atoms with Crippen molar-refractivity contribution in [2.75, 3.05) is 0 Å². The van der Waals surface area contributed by atoms with Crippen LogP contribution in [0.25, 0.3) is 0 Å². The largest absolute Gasteiger partial charge is 0.485 e. The van der Waals surface area contributed by atoms with Crippen molar-refractivity contribution < 1.29 is 14.2 Å². The van der Waals surface area contributed by atoms with Gasteiger partial charge < -0.3 is 9.84 Å². The lowest BCUT2D eigenvalue weighted by atomic mass is 9.94. The van der Waals surface area contributed by atoms with Gasteiger partial charge >= 0.3 is 0 Å². The molecule has 2 aromatic rings. The van der Waals surface area contributed by atoms with Crippen LogP contribution in [0.3, 0.4) is 0 Å². The summed E-state index contributed by atoms with van der Waals surface area (Å²) in [5, 5.41) is 10.2. The summed E-state index contributed by atoms with van der Waals surface area (Å²) in [6.07, 6.45) is -0.354. The van der Waals surface area contributed by atoms with Gasteiger partial charge in [-0.25, -0.2) is 4.39 Å². The van der Waals surface area contributed by atoms with Crippen molar-refractivity contribution in [3.8, 4) is 5.75 Å². The molecular weight excluding hydrogens is 323 g/mol. The Bertz CT molecular complexity index is 657. The predicted molar refractivity (Wildman–Crippen MR) is 78.2 cm³/mol. The van der Waals surface area contributed by atoms with E-state index in [4.69, 9.17) is 4.74 Å². The quantitative estimate of drug-likeness (QED) is 0.833. The van der Waals surface area contributed by atoms with Crippen LogP contribution >= 0.6 is 15.9 Å². The summed E-state index contributed by atoms with van der Waals surface area (Å²) >= 11 is 3.40. The van der Waals surface area contributed by atoms with Crippen molar-refractivity contribution in [2.24, 2.45) is 0 Å². The maximum Gasteiger partial charge on any atom is 0.127 e. The monoisotopic (exact) mass is 336 g/mol. The number of benzene rings is 2. The number of fused-ring (bicyclic) bond motifs is 1. The third-order valence-corrected chi connectivity index (χ3v) is 4.09. The molecule has 0 fully saturated rings. The van der Waals surface area contributed by atoms with Gasteiger partial charge in [0.2, 0.25) is 0 Å². The van der Waals surface area contributed by atoms with Gasteiger partial charge in [0.1, 0.15) is 17.7 Å². The highest BCUT2D eigenvalue weighted by molar-refractivity contribution is 9.10. The maximum atomic E-state index is 13.3. The number of aliphatic hydroxyl groups is 1. The lowest BCUT2D eigenvalue weighted by molar-refractivity contribution is 0.0656. The highest BCUT2D eigenvalue weighted by Crippen LogP contribution is 2.41. The Labute approximate surface area is 125 Å². The standard InChI is InChI=1S/C16H14BrFO2/c1-9-6-10(2-5-13(9)18)15-8-14(19)12-4-3-11(17)7-16(12)20-15/h2-7,14-15,19H,8H2,1H3/t14-,15?/m0/s1. The van der Waals surface area contributed by atoms with Crippen LogP contribution in [-0.4, -0.2) is 5.11 Å². The highest BCUT2D eigenvalue weighted by atomic mass is 79.9. The van der Waals surface area contributed by atoms with Gasteiger partial charge in [0, 0.05) is 16.5 Å². The third-order valence-electron chi connectivity index (χ3n) is 3.59. The molecule has 0 saturated heterocycles. The first-order valence-electron chi connectivity index (χ1n) is 6.45. The highest BCUT2D eigenvalue weighted by Gasteiger charge is 2.28. The van der Waals surface area contributed by atoms with E-state index in [-0.39, 0.29) is 11.9 Å². The van der Waals surface area contributed by atoms with E-state index in [0.717, 1.165) is 15.6 Å². The minimum Gasteiger partial charge on any atom is -0.485 e. The molecule has 2 nitrogen and oxygen atoms in total. The molecule has 1 heterocycles. The molecule has 0 spiro atoms. The first-order valence-corrected chi connectivity index (χ1v) is 7.24. The normalized spacial score (nSPS) is 21.2. The molecule has 0 bridgehead atoms. The second-order valence-corrected chi connectivity index (χ2v) is 5.96. The van der Waals surface area contributed by atoms with E-state index < -0.39 is 6.10 Å². The molecule has 0 aliphatic carbocycles. The molecule has 4 heteroatoms. The van der Waals surface area contributed by atoms with Crippen molar-refractivity contribution in [2.45, 2.75) is 25.6 Å². The fourth-order valence-corrected chi connectivity index (χ4v) is 2.83. The topological polar surface area (TPSA) is 29.5 Å². The molecule has 104 valence electrons. The van der Waals surface area contributed by atoms with Crippen LogP contribution < -0.4 is 4.74 Å². The predicted octanol–water partition coefficient (Wildman–Crippen LogP) is 4.45. The van der Waals surface area contributed by atoms with Crippen LogP contribution in [0.5, 0.6) is 5.75 Å². The van der Waals surface area contributed by atoms with E-state index in [2.05, 4.69) is 15.9 Å². The van der Waals surface area contributed by atoms with Gasteiger partial charge in [0.15, 0.2) is 0 Å². The van der Waals surface area contributed by atoms with Crippen molar-refractivity contribution in [3.63, 3.8) is 0 Å². The second-order valence-electron chi connectivity index (χ2n) is 5.05. The molecule has 20 heavy (non-hydrogen) atoms. The van der Waals surface area contributed by atoms with Crippen LogP contribution in [0.15, 0.2) is 40.9 Å². The average molecular weight is 337 g/mol. The molecule has 3 rings (SSSR count). The lowest BCUT2D eigenvalue weighted by Gasteiger charge is -2.30. The van der Waals surface area contributed by atoms with Crippen LogP contribution in [-0.2, 0) is 0 Å². The average Bonchev–Trinajstić information content (AvgIpc) is 2.41. The Morgan fingerprint density at radius 3 is 2.80 bits per heavy atom. The Balaban J connectivity index is 1.96. The number of hydrogen-bond donors (Lipinski definition) is 1. The lowest BCUT2D eigenvalue weighted by Crippen LogP contribution is -2.19. The summed E-state index contributed by atoms with van der Waals surface area (Å²) in [5.74, 6) is 0.443. The van der Waals surface area contributed by atoms with Gasteiger partial charge in [-0.15, -0.1) is 0 Å². The fourth-order valence-electron chi connectivity index (χ4n) is 2.49. The minimum absolute atomic E-state index is 0.228. The summed E-state index contributed by atoms with van der Waals surface area (Å²) in [4.78, 5) is 0. The van der Waals surface area contributed by atoms with Crippen molar-refractivity contribution in [3.05, 3.63) is 63.4 Å². The van der Waals surface area contributed by atoms with Gasteiger partial charge in [-0.05, 0) is 42.3 Å². The minimum atomic E-state index is -0.567. The second kappa shape index (κ2) is 5.19. The Morgan fingerprint density at radius 1 is 1.25 bits per heavy atom. The van der Waals surface area contributed by atoms with E-state index >= 15 is 0 Å². The summed E-state index contributed by atoms with van der Waals surface area (Å²) in [6.45, 7) is 1.72. The van der Waals surface area contributed by atoms with Crippen LogP contribution in [0, 0.1) is 12.7 Å². The number of aryl methyl sites for hydroxylation is 1. The van der Waals surface area contributed by atoms with E-state index in [1.54, 1.807) is 19.1 Å². The first-order chi connectivity index (χ1) is 9.54. The smallest absolute Gasteiger partial charge is 0.127 e. The zero-order valence-corrected chi connectivity index (χ0v) is 12.5. The third kappa shape index (κ3) is 2.45. The number of ether oxygens (including phenoxy) is 1. The van der Waals surface area contributed by atoms with Crippen molar-refractivity contribution >= 4 is 15.9 Å². The SMILES string of the molecule is Cc1cc(C2C[C@H](O)c3ccc(Br)cc3O2)ccc1F. The van der Waals surface area contributed by atoms with E-state index in [1.807, 2.05) is 18.2 Å². The molecule has 1 aliphatic heterocycles. The fraction of sp³-hybridized carbons (Fsp3) is 0.250. The number of halogens is 2. The number of aliphatic hydroxyl groups excluding tert-OH is 1. The van der Waals surface area contributed by atoms with Crippen LogP contribution in [0.2, 0.25) is 0 Å². The zero-order chi connectivity index (χ0) is 14.3. The molecule has 1 unspecified atom stereocenters. The van der Waals surface area contributed by atoms with Crippen molar-refractivity contribution in [1.82, 2.24) is 0 Å². The molecule has 0 amide bonds. The Hall–Kier alpha value is -1.39. The first kappa shape index (κ1) is 13.6. The van der Waals surface area contributed by atoms with Gasteiger partial charge in [-0.1, -0.05) is 28.1 Å². The summed E-state index contributed by atoms with van der Waals surface area (Å²) in [6, 6.07) is 10.5. The van der Waals surface area contributed by atoms with Crippen LogP contribution in [0.4, 0.5) is 4.39 Å². The van der Waals surface area contributed by atoms with E-state index in [1.165, 1.54) is 6.07 Å². The number of hydrogen-bond acceptors (Lipinski definition) is 2. The molecule has 0 aromatic heterocycles. The molecular formula is C16H14BrFO2. The molecule has 1 aliphatic rings. The summed E-state index contributed by atoms with van der Waals surface area (Å²) < 4.78 is 20.2. The molecule has 0 radical (unpaired) electrons. The van der Waals surface area contributed by atoms with Crippen LogP contribution in [0.1, 0.15) is 35.3 Å². The molecule has 1 N–H and O–H groups in total. The van der Waals surface area contributed by atoms with E-state index in [0.29, 0.717) is 17.7 Å². The zero-order valence-electron chi connectivity index (χ0n) is 10.9. The van der Waals surface area contributed by atoms with Crippen molar-refractivity contribution in [1.29, 1.82) is 0 Å². The molecule has 0 saturated carbocycles. The Kier molecular flexibility index (Phi) is 3.52. The number of rotatable bonds is 1. The summed E-state index contributed by atoms with van der Waals surface area (Å²) in [5.41, 5.74) is 2.26.